The van der Waals surface area contributed by atoms with Gasteiger partial charge in [-0.25, -0.2) is 0 Å². The largest absolute Gasteiger partial charge is 0.323 e. The van der Waals surface area contributed by atoms with Crippen molar-refractivity contribution in [3.8, 4) is 6.07 Å². The van der Waals surface area contributed by atoms with E-state index in [1.807, 2.05) is 6.07 Å². The third-order valence-electron chi connectivity index (χ3n) is 1.05. The maximum Gasteiger partial charge on any atom is 0.0946 e. The molecule has 0 fully saturated rings. The van der Waals surface area contributed by atoms with Gasteiger partial charge in [-0.3, -0.25) is 4.99 Å². The summed E-state index contributed by atoms with van der Waals surface area (Å²) in [5.41, 5.74) is 0.505. The minimum atomic E-state index is -0.284. The van der Waals surface area contributed by atoms with Crippen LogP contribution in [0.5, 0.6) is 0 Å². The number of nitriles is 1. The van der Waals surface area contributed by atoms with E-state index in [1.165, 1.54) is 6.21 Å². The smallest absolute Gasteiger partial charge is 0.0946 e. The summed E-state index contributed by atoms with van der Waals surface area (Å²) in [6.45, 7) is 1.72. The number of hydrogen-bond donors (Lipinski definition) is 1. The van der Waals surface area contributed by atoms with Gasteiger partial charge >= 0.3 is 0 Å². The zero-order chi connectivity index (χ0) is 7.98. The van der Waals surface area contributed by atoms with Crippen molar-refractivity contribution >= 4 is 11.9 Å². The zero-order valence-corrected chi connectivity index (χ0v) is 6.07. The third-order valence-corrected chi connectivity index (χ3v) is 1.05. The lowest BCUT2D eigenvalue weighted by Crippen LogP contribution is -2.12. The monoisotopic (exact) mass is 138 g/mol. The number of nitrogens with two attached hydrogens (primary N) is 1. The molecular weight excluding hydrogens is 128 g/mol. The third kappa shape index (κ3) is 2.27. The Bertz CT molecular complexity index is 186. The minimum Gasteiger partial charge on any atom is -0.323 e. The number of rotatable bonds is 2. The van der Waals surface area contributed by atoms with Crippen LogP contribution in [0.2, 0.25) is 0 Å². The van der Waals surface area contributed by atoms with Crippen molar-refractivity contribution in [1.29, 1.82) is 5.26 Å². The summed E-state index contributed by atoms with van der Waals surface area (Å²) in [7, 11) is 1.61. The van der Waals surface area contributed by atoms with E-state index in [0.717, 1.165) is 0 Å². The molecule has 0 aliphatic heterocycles. The highest BCUT2D eigenvalue weighted by molar-refractivity contribution is 6.32. The standard InChI is InChI=1S/C6H10N4/c1-5(3-7)6(10-8)4-9-2/h4-5H,8H2,1-2H3/b9-4?,10-6+. The molecule has 2 N–H and O–H groups in total. The average Bonchev–Trinajstić information content (AvgIpc) is 1.99. The van der Waals surface area contributed by atoms with E-state index < -0.39 is 0 Å². The first-order valence-corrected chi connectivity index (χ1v) is 2.85. The maximum absolute atomic E-state index is 8.41. The molecular formula is C6H10N4. The van der Waals surface area contributed by atoms with E-state index in [4.69, 9.17) is 11.1 Å². The van der Waals surface area contributed by atoms with Crippen LogP contribution in [0.15, 0.2) is 10.1 Å². The van der Waals surface area contributed by atoms with Gasteiger partial charge in [0.1, 0.15) is 0 Å². The molecule has 10 heavy (non-hydrogen) atoms. The van der Waals surface area contributed by atoms with E-state index in [0.29, 0.717) is 5.71 Å². The summed E-state index contributed by atoms with van der Waals surface area (Å²) in [6, 6.07) is 2.00. The Morgan fingerprint density at radius 3 is 2.70 bits per heavy atom. The van der Waals surface area contributed by atoms with E-state index >= 15 is 0 Å². The first-order chi connectivity index (χ1) is 4.76. The Balaban J connectivity index is 4.26. The van der Waals surface area contributed by atoms with E-state index in [-0.39, 0.29) is 5.92 Å². The van der Waals surface area contributed by atoms with Crippen molar-refractivity contribution in [3.63, 3.8) is 0 Å². The number of aliphatic imine (C=N–C) groups is 1. The van der Waals surface area contributed by atoms with Gasteiger partial charge in [-0.15, -0.1) is 0 Å². The summed E-state index contributed by atoms with van der Waals surface area (Å²) >= 11 is 0. The summed E-state index contributed by atoms with van der Waals surface area (Å²) in [4.78, 5) is 3.69. The molecule has 0 aromatic rings. The summed E-state index contributed by atoms with van der Waals surface area (Å²) < 4.78 is 0. The van der Waals surface area contributed by atoms with Crippen LogP contribution in [0.25, 0.3) is 0 Å². The van der Waals surface area contributed by atoms with Crippen molar-refractivity contribution in [1.82, 2.24) is 0 Å². The van der Waals surface area contributed by atoms with Crippen molar-refractivity contribution in [2.75, 3.05) is 7.05 Å². The molecule has 0 heterocycles. The second kappa shape index (κ2) is 4.50. The van der Waals surface area contributed by atoms with Gasteiger partial charge in [0, 0.05) is 13.3 Å². The predicted octanol–water partition coefficient (Wildman–Crippen LogP) is 0.161. The fraction of sp³-hybridized carbons (Fsp3) is 0.500. The molecule has 54 valence electrons. The first-order valence-electron chi connectivity index (χ1n) is 2.85. The van der Waals surface area contributed by atoms with E-state index in [9.17, 15) is 0 Å². The summed E-state index contributed by atoms with van der Waals surface area (Å²) in [5, 5.41) is 11.8. The number of hydrazone groups is 1. The Morgan fingerprint density at radius 2 is 2.40 bits per heavy atom. The Hall–Kier alpha value is -1.37. The number of hydrogen-bond acceptors (Lipinski definition) is 4. The van der Waals surface area contributed by atoms with E-state index in [2.05, 4.69) is 10.1 Å². The molecule has 0 aliphatic rings. The second-order valence-corrected chi connectivity index (χ2v) is 1.79. The van der Waals surface area contributed by atoms with Crippen LogP contribution < -0.4 is 5.84 Å². The molecule has 0 radical (unpaired) electrons. The van der Waals surface area contributed by atoms with Crippen LogP contribution in [0.1, 0.15) is 6.92 Å². The Labute approximate surface area is 60.1 Å². The molecule has 0 aromatic carbocycles. The van der Waals surface area contributed by atoms with Gasteiger partial charge in [0.05, 0.1) is 17.7 Å². The SMILES string of the molecule is CN=C/C(=N\N)C(C)C#N. The number of nitrogens with zero attached hydrogens (tertiary/aromatic N) is 3. The molecule has 0 amide bonds. The minimum absolute atomic E-state index is 0.284. The highest BCUT2D eigenvalue weighted by Gasteiger charge is 2.04. The average molecular weight is 138 g/mol. The van der Waals surface area contributed by atoms with Crippen LogP contribution in [0.4, 0.5) is 0 Å². The van der Waals surface area contributed by atoms with Gasteiger partial charge in [0.15, 0.2) is 0 Å². The second-order valence-electron chi connectivity index (χ2n) is 1.79. The molecule has 0 aliphatic carbocycles. The van der Waals surface area contributed by atoms with Crippen molar-refractivity contribution < 1.29 is 0 Å². The van der Waals surface area contributed by atoms with Crippen LogP contribution in [-0.4, -0.2) is 19.0 Å². The van der Waals surface area contributed by atoms with Gasteiger partial charge in [-0.2, -0.15) is 10.4 Å². The van der Waals surface area contributed by atoms with Gasteiger partial charge in [-0.05, 0) is 6.92 Å². The molecule has 4 heteroatoms. The molecule has 1 atom stereocenters. The molecule has 0 saturated carbocycles. The Kier molecular flexibility index (Phi) is 3.89. The lowest BCUT2D eigenvalue weighted by atomic mass is 10.1. The normalized spacial score (nSPS) is 15.1. The first kappa shape index (κ1) is 8.63. The van der Waals surface area contributed by atoms with E-state index in [1.54, 1.807) is 14.0 Å². The lowest BCUT2D eigenvalue weighted by molar-refractivity contribution is 1.01. The van der Waals surface area contributed by atoms with Gasteiger partial charge < -0.3 is 5.84 Å². The quantitative estimate of drug-likeness (QED) is 0.335. The fourth-order valence-corrected chi connectivity index (χ4v) is 0.455. The van der Waals surface area contributed by atoms with Crippen LogP contribution in [-0.2, 0) is 0 Å². The lowest BCUT2D eigenvalue weighted by Gasteiger charge is -1.97. The Morgan fingerprint density at radius 1 is 1.80 bits per heavy atom. The topological polar surface area (TPSA) is 74.5 Å². The van der Waals surface area contributed by atoms with Crippen molar-refractivity contribution in [3.05, 3.63) is 0 Å². The van der Waals surface area contributed by atoms with Crippen LogP contribution in [0, 0.1) is 17.2 Å². The van der Waals surface area contributed by atoms with Gasteiger partial charge in [0.2, 0.25) is 0 Å². The molecule has 0 rings (SSSR count). The molecule has 4 nitrogen and oxygen atoms in total. The fourth-order valence-electron chi connectivity index (χ4n) is 0.455. The maximum atomic E-state index is 8.41. The van der Waals surface area contributed by atoms with Gasteiger partial charge in [-0.1, -0.05) is 0 Å². The predicted molar refractivity (Wildman–Crippen MR) is 40.8 cm³/mol. The molecule has 1 unspecified atom stereocenters. The van der Waals surface area contributed by atoms with Crippen molar-refractivity contribution in [2.45, 2.75) is 6.92 Å². The summed E-state index contributed by atoms with van der Waals surface area (Å²) in [6.07, 6.45) is 1.48. The summed E-state index contributed by atoms with van der Waals surface area (Å²) in [5.74, 6) is 4.70. The highest BCUT2D eigenvalue weighted by Crippen LogP contribution is 1.92. The van der Waals surface area contributed by atoms with Crippen LogP contribution >= 0.6 is 0 Å². The molecule has 0 saturated heterocycles. The molecule has 0 bridgehead atoms. The van der Waals surface area contributed by atoms with Crippen molar-refractivity contribution in [2.24, 2.45) is 21.9 Å². The highest BCUT2D eigenvalue weighted by atomic mass is 15.1. The molecule has 0 spiro atoms. The molecule has 0 aromatic heterocycles. The van der Waals surface area contributed by atoms with Crippen LogP contribution in [0.3, 0.4) is 0 Å². The zero-order valence-electron chi connectivity index (χ0n) is 6.07. The van der Waals surface area contributed by atoms with Gasteiger partial charge in [0.25, 0.3) is 0 Å².